The highest BCUT2D eigenvalue weighted by atomic mass is 16.1. The van der Waals surface area contributed by atoms with Gasteiger partial charge in [0.25, 0.3) is 5.91 Å². The highest BCUT2D eigenvalue weighted by Crippen LogP contribution is 2.25. The van der Waals surface area contributed by atoms with Crippen molar-refractivity contribution in [1.82, 2.24) is 0 Å². The van der Waals surface area contributed by atoms with E-state index < -0.39 is 0 Å². The third-order valence-electron chi connectivity index (χ3n) is 3.28. The van der Waals surface area contributed by atoms with Crippen LogP contribution in [0, 0.1) is 6.92 Å². The van der Waals surface area contributed by atoms with Crippen LogP contribution in [0.5, 0.6) is 0 Å². The number of rotatable bonds is 3. The smallest absolute Gasteiger partial charge is 0.257 e. The molecular formula is C17H20N2O. The van der Waals surface area contributed by atoms with Crippen molar-refractivity contribution in [2.24, 2.45) is 0 Å². The summed E-state index contributed by atoms with van der Waals surface area (Å²) >= 11 is 0. The van der Waals surface area contributed by atoms with Crippen LogP contribution in [0.3, 0.4) is 0 Å². The molecule has 0 spiro atoms. The first-order valence-electron chi connectivity index (χ1n) is 6.75. The Balaban J connectivity index is 2.31. The fourth-order valence-corrected chi connectivity index (χ4v) is 2.17. The highest BCUT2D eigenvalue weighted by Gasteiger charge is 2.13. The van der Waals surface area contributed by atoms with Crippen molar-refractivity contribution >= 4 is 17.3 Å². The summed E-state index contributed by atoms with van der Waals surface area (Å²) in [6, 6.07) is 13.3. The summed E-state index contributed by atoms with van der Waals surface area (Å²) in [5, 5.41) is 2.96. The van der Waals surface area contributed by atoms with Gasteiger partial charge in [-0.3, -0.25) is 4.79 Å². The molecule has 0 bridgehead atoms. The average molecular weight is 268 g/mol. The predicted octanol–water partition coefficient (Wildman–Crippen LogP) is 3.95. The fraction of sp³-hybridized carbons (Fsp3) is 0.235. The number of hydrogen-bond acceptors (Lipinski definition) is 2. The lowest BCUT2D eigenvalue weighted by Gasteiger charge is -2.14. The lowest BCUT2D eigenvalue weighted by Crippen LogP contribution is -2.15. The largest absolute Gasteiger partial charge is 0.398 e. The third-order valence-corrected chi connectivity index (χ3v) is 3.28. The Morgan fingerprint density at radius 3 is 2.55 bits per heavy atom. The first-order chi connectivity index (χ1) is 9.49. The van der Waals surface area contributed by atoms with Gasteiger partial charge in [0.1, 0.15) is 0 Å². The van der Waals surface area contributed by atoms with Crippen molar-refractivity contribution in [3.8, 4) is 0 Å². The lowest BCUT2D eigenvalue weighted by atomic mass is 10.0. The van der Waals surface area contributed by atoms with Crippen molar-refractivity contribution in [3.05, 3.63) is 59.2 Å². The van der Waals surface area contributed by atoms with Crippen LogP contribution in [0.4, 0.5) is 11.4 Å². The second-order valence-corrected chi connectivity index (χ2v) is 5.29. The summed E-state index contributed by atoms with van der Waals surface area (Å²) in [6.45, 7) is 6.15. The van der Waals surface area contributed by atoms with Crippen molar-refractivity contribution < 1.29 is 4.79 Å². The maximum Gasteiger partial charge on any atom is 0.257 e. The van der Waals surface area contributed by atoms with Gasteiger partial charge in [0.2, 0.25) is 0 Å². The van der Waals surface area contributed by atoms with Crippen molar-refractivity contribution in [2.45, 2.75) is 26.7 Å². The minimum atomic E-state index is -0.167. The molecule has 3 nitrogen and oxygen atoms in total. The maximum atomic E-state index is 12.4. The molecule has 0 saturated heterocycles. The second kappa shape index (κ2) is 5.78. The summed E-state index contributed by atoms with van der Waals surface area (Å²) in [5.41, 5.74) is 9.87. The van der Waals surface area contributed by atoms with Gasteiger partial charge >= 0.3 is 0 Å². The highest BCUT2D eigenvalue weighted by molar-refractivity contribution is 6.08. The topological polar surface area (TPSA) is 55.1 Å². The first-order valence-corrected chi connectivity index (χ1v) is 6.75. The van der Waals surface area contributed by atoms with Crippen LogP contribution in [0.2, 0.25) is 0 Å². The first kappa shape index (κ1) is 14.1. The lowest BCUT2D eigenvalue weighted by molar-refractivity contribution is 0.102. The minimum Gasteiger partial charge on any atom is -0.398 e. The molecule has 0 aromatic heterocycles. The number of nitrogens with one attached hydrogen (secondary N) is 1. The Morgan fingerprint density at radius 1 is 1.15 bits per heavy atom. The zero-order valence-corrected chi connectivity index (χ0v) is 12.1. The van der Waals surface area contributed by atoms with Crippen LogP contribution in [-0.2, 0) is 0 Å². The number of carbonyl (C=O) groups is 1. The van der Waals surface area contributed by atoms with E-state index in [1.54, 1.807) is 6.07 Å². The van der Waals surface area contributed by atoms with Gasteiger partial charge in [-0.05, 0) is 36.6 Å². The van der Waals surface area contributed by atoms with Gasteiger partial charge in [0.15, 0.2) is 0 Å². The summed E-state index contributed by atoms with van der Waals surface area (Å²) in [6.07, 6.45) is 0. The van der Waals surface area contributed by atoms with Gasteiger partial charge in [-0.15, -0.1) is 0 Å². The molecule has 2 rings (SSSR count). The van der Waals surface area contributed by atoms with Crippen molar-refractivity contribution in [3.63, 3.8) is 0 Å². The SMILES string of the molecule is Cc1ccc(N)c(C(=O)Nc2ccccc2C(C)C)c1. The molecule has 0 heterocycles. The van der Waals surface area contributed by atoms with E-state index in [1.807, 2.05) is 43.3 Å². The normalized spacial score (nSPS) is 10.6. The number of benzene rings is 2. The molecule has 0 saturated carbocycles. The molecule has 0 aliphatic carbocycles. The van der Waals surface area contributed by atoms with Gasteiger partial charge in [0.05, 0.1) is 5.56 Å². The van der Waals surface area contributed by atoms with E-state index in [1.165, 1.54) is 0 Å². The number of para-hydroxylation sites is 1. The van der Waals surface area contributed by atoms with E-state index in [-0.39, 0.29) is 5.91 Å². The molecule has 0 aliphatic rings. The number of anilines is 2. The fourth-order valence-electron chi connectivity index (χ4n) is 2.17. The molecule has 2 aromatic rings. The molecule has 3 heteroatoms. The van der Waals surface area contributed by atoms with Gasteiger partial charge in [-0.2, -0.15) is 0 Å². The molecule has 0 fully saturated rings. The monoisotopic (exact) mass is 268 g/mol. The Hall–Kier alpha value is -2.29. The van der Waals surface area contributed by atoms with E-state index in [0.717, 1.165) is 16.8 Å². The van der Waals surface area contributed by atoms with Crippen molar-refractivity contribution in [1.29, 1.82) is 0 Å². The summed E-state index contributed by atoms with van der Waals surface area (Å²) in [7, 11) is 0. The quantitative estimate of drug-likeness (QED) is 0.828. The molecule has 1 amide bonds. The van der Waals surface area contributed by atoms with Crippen LogP contribution >= 0.6 is 0 Å². The second-order valence-electron chi connectivity index (χ2n) is 5.29. The Bertz CT molecular complexity index is 633. The van der Waals surface area contributed by atoms with Crippen LogP contribution in [-0.4, -0.2) is 5.91 Å². The number of hydrogen-bond donors (Lipinski definition) is 2. The Kier molecular flexibility index (Phi) is 4.08. The third kappa shape index (κ3) is 2.99. The van der Waals surface area contributed by atoms with E-state index in [2.05, 4.69) is 19.2 Å². The molecule has 0 radical (unpaired) electrons. The van der Waals surface area contributed by atoms with Gasteiger partial charge in [-0.1, -0.05) is 43.7 Å². The standard InChI is InChI=1S/C17H20N2O/c1-11(2)13-6-4-5-7-16(13)19-17(20)14-10-12(3)8-9-15(14)18/h4-11H,18H2,1-3H3,(H,19,20). The molecular weight excluding hydrogens is 248 g/mol. The molecule has 2 aromatic carbocycles. The molecule has 20 heavy (non-hydrogen) atoms. The van der Waals surface area contributed by atoms with Gasteiger partial charge in [0, 0.05) is 11.4 Å². The molecule has 0 atom stereocenters. The van der Waals surface area contributed by atoms with Crippen LogP contribution in [0.25, 0.3) is 0 Å². The average Bonchev–Trinajstić information content (AvgIpc) is 2.41. The number of amides is 1. The van der Waals surface area contributed by atoms with Crippen LogP contribution in [0.15, 0.2) is 42.5 Å². The van der Waals surface area contributed by atoms with E-state index in [0.29, 0.717) is 17.2 Å². The van der Waals surface area contributed by atoms with E-state index in [9.17, 15) is 4.79 Å². The molecule has 0 aliphatic heterocycles. The summed E-state index contributed by atoms with van der Waals surface area (Å²) in [5.74, 6) is 0.181. The Labute approximate surface area is 119 Å². The molecule has 104 valence electrons. The molecule has 0 unspecified atom stereocenters. The Morgan fingerprint density at radius 2 is 1.85 bits per heavy atom. The summed E-state index contributed by atoms with van der Waals surface area (Å²) in [4.78, 5) is 12.4. The van der Waals surface area contributed by atoms with Crippen LogP contribution in [0.1, 0.15) is 41.3 Å². The number of carbonyl (C=O) groups excluding carboxylic acids is 1. The number of nitrogen functional groups attached to an aromatic ring is 1. The maximum absolute atomic E-state index is 12.4. The van der Waals surface area contributed by atoms with Gasteiger partial charge in [-0.25, -0.2) is 0 Å². The van der Waals surface area contributed by atoms with E-state index in [4.69, 9.17) is 5.73 Å². The minimum absolute atomic E-state index is 0.167. The predicted molar refractivity (Wildman–Crippen MR) is 84.1 cm³/mol. The number of nitrogens with two attached hydrogens (primary N) is 1. The van der Waals surface area contributed by atoms with Crippen molar-refractivity contribution in [2.75, 3.05) is 11.1 Å². The zero-order valence-electron chi connectivity index (χ0n) is 12.1. The van der Waals surface area contributed by atoms with Gasteiger partial charge < -0.3 is 11.1 Å². The summed E-state index contributed by atoms with van der Waals surface area (Å²) < 4.78 is 0. The molecule has 3 N–H and O–H groups in total. The van der Waals surface area contributed by atoms with Crippen LogP contribution < -0.4 is 11.1 Å². The number of aryl methyl sites for hydroxylation is 1. The van der Waals surface area contributed by atoms with E-state index >= 15 is 0 Å². The zero-order chi connectivity index (χ0) is 14.7.